The van der Waals surface area contributed by atoms with Crippen LogP contribution in [0.2, 0.25) is 0 Å². The third-order valence-electron chi connectivity index (χ3n) is 4.91. The fraction of sp³-hybridized carbons (Fsp3) is 0.533. The summed E-state index contributed by atoms with van der Waals surface area (Å²) in [4.78, 5) is 16.6. The second kappa shape index (κ2) is 3.74. The molecule has 0 N–H and O–H groups in total. The lowest BCUT2D eigenvalue weighted by Crippen LogP contribution is -2.62. The van der Waals surface area contributed by atoms with Gasteiger partial charge in [-0.25, -0.2) is 0 Å². The molecule has 0 aliphatic carbocycles. The zero-order valence-corrected chi connectivity index (χ0v) is 10.4. The van der Waals surface area contributed by atoms with Crippen LogP contribution in [-0.2, 0) is 4.79 Å². The molecule has 0 saturated carbocycles. The first kappa shape index (κ1) is 10.4. The van der Waals surface area contributed by atoms with E-state index in [2.05, 4.69) is 40.4 Å². The molecule has 0 spiro atoms. The molecular weight excluding hydrogens is 224 g/mol. The second-order valence-corrected chi connectivity index (χ2v) is 5.80. The summed E-state index contributed by atoms with van der Waals surface area (Å²) in [5.41, 5.74) is 0. The minimum absolute atomic E-state index is 0.223. The summed E-state index contributed by atoms with van der Waals surface area (Å²) < 4.78 is 0. The van der Waals surface area contributed by atoms with E-state index in [9.17, 15) is 4.79 Å². The van der Waals surface area contributed by atoms with Crippen LogP contribution in [0.4, 0.5) is 0 Å². The Morgan fingerprint density at radius 1 is 1.06 bits per heavy atom. The zero-order chi connectivity index (χ0) is 12.1. The van der Waals surface area contributed by atoms with E-state index in [1.165, 1.54) is 0 Å². The van der Waals surface area contributed by atoms with Gasteiger partial charge in [0.15, 0.2) is 0 Å². The molecular formula is C15H18N2O. The van der Waals surface area contributed by atoms with Crippen molar-refractivity contribution in [2.75, 3.05) is 6.54 Å². The second-order valence-electron chi connectivity index (χ2n) is 5.80. The quantitative estimate of drug-likeness (QED) is 0.647. The van der Waals surface area contributed by atoms with Crippen molar-refractivity contribution in [3.8, 4) is 0 Å². The smallest absolute Gasteiger partial charge is 0.246 e. The molecule has 0 aromatic carbocycles. The van der Waals surface area contributed by atoms with Gasteiger partial charge < -0.3 is 9.80 Å². The molecule has 4 aliphatic heterocycles. The first-order chi connectivity index (χ1) is 8.84. The molecule has 4 atom stereocenters. The number of fused-ring (bicyclic) bond motifs is 2. The van der Waals surface area contributed by atoms with Crippen LogP contribution in [0.25, 0.3) is 0 Å². The maximum atomic E-state index is 12.1. The molecule has 0 aromatic heterocycles. The highest BCUT2D eigenvalue weighted by Gasteiger charge is 2.47. The number of carbonyl (C=O) groups is 1. The van der Waals surface area contributed by atoms with Crippen molar-refractivity contribution in [3.63, 3.8) is 0 Å². The van der Waals surface area contributed by atoms with Gasteiger partial charge >= 0.3 is 0 Å². The van der Waals surface area contributed by atoms with Crippen molar-refractivity contribution in [1.29, 1.82) is 0 Å². The Kier molecular flexibility index (Phi) is 2.16. The van der Waals surface area contributed by atoms with Gasteiger partial charge in [0.25, 0.3) is 0 Å². The maximum absolute atomic E-state index is 12.1. The Morgan fingerprint density at radius 2 is 1.89 bits per heavy atom. The highest BCUT2D eigenvalue weighted by Crippen LogP contribution is 2.42. The summed E-state index contributed by atoms with van der Waals surface area (Å²) in [6, 6.07) is 1.03. The van der Waals surface area contributed by atoms with Gasteiger partial charge in [-0.1, -0.05) is 18.2 Å². The minimum atomic E-state index is 0.223. The number of allylic oxidation sites excluding steroid dienone is 2. The molecule has 0 aromatic rings. The number of hydrogen-bond donors (Lipinski definition) is 0. The maximum Gasteiger partial charge on any atom is 0.246 e. The highest BCUT2D eigenvalue weighted by atomic mass is 16.2. The van der Waals surface area contributed by atoms with Gasteiger partial charge in [0.05, 0.1) is 0 Å². The van der Waals surface area contributed by atoms with Crippen molar-refractivity contribution in [3.05, 3.63) is 36.7 Å². The number of rotatable bonds is 0. The lowest BCUT2D eigenvalue weighted by atomic mass is 9.71. The van der Waals surface area contributed by atoms with Crippen LogP contribution in [0.5, 0.6) is 0 Å². The van der Waals surface area contributed by atoms with Crippen molar-refractivity contribution in [1.82, 2.24) is 9.80 Å². The molecule has 4 rings (SSSR count). The van der Waals surface area contributed by atoms with Gasteiger partial charge in [-0.15, -0.1) is 0 Å². The van der Waals surface area contributed by atoms with Gasteiger partial charge in [0.1, 0.15) is 0 Å². The normalized spacial score (nSPS) is 40.8. The summed E-state index contributed by atoms with van der Waals surface area (Å²) in [5.74, 6) is 1.43. The van der Waals surface area contributed by atoms with E-state index in [4.69, 9.17) is 0 Å². The Balaban J connectivity index is 1.74. The van der Waals surface area contributed by atoms with E-state index in [0.717, 1.165) is 25.8 Å². The van der Waals surface area contributed by atoms with Crippen LogP contribution < -0.4 is 0 Å². The van der Waals surface area contributed by atoms with Gasteiger partial charge in [-0.3, -0.25) is 4.79 Å². The van der Waals surface area contributed by atoms with Crippen LogP contribution in [0, 0.1) is 11.8 Å². The van der Waals surface area contributed by atoms with Crippen molar-refractivity contribution in [2.24, 2.45) is 11.8 Å². The van der Waals surface area contributed by atoms with Crippen molar-refractivity contribution >= 4 is 5.91 Å². The van der Waals surface area contributed by atoms with Gasteiger partial charge in [0, 0.05) is 30.5 Å². The van der Waals surface area contributed by atoms with E-state index in [0.29, 0.717) is 23.9 Å². The fourth-order valence-electron chi connectivity index (χ4n) is 4.18. The average Bonchev–Trinajstić information content (AvgIpc) is 2.41. The van der Waals surface area contributed by atoms with Crippen LogP contribution in [0.1, 0.15) is 19.3 Å². The average molecular weight is 242 g/mol. The first-order valence-corrected chi connectivity index (χ1v) is 6.92. The van der Waals surface area contributed by atoms with Gasteiger partial charge in [0.2, 0.25) is 5.91 Å². The largest absolute Gasteiger partial charge is 0.351 e. The van der Waals surface area contributed by atoms with Crippen LogP contribution in [-0.4, -0.2) is 34.3 Å². The third-order valence-corrected chi connectivity index (χ3v) is 4.91. The SMILES string of the molecule is O=C1C=CC[C@@H]2[C@H]3CC=CN4C=CC[C@@H](CN12)[C@@H]34. The molecule has 3 nitrogen and oxygen atoms in total. The highest BCUT2D eigenvalue weighted by molar-refractivity contribution is 5.88. The molecule has 4 aliphatic rings. The summed E-state index contributed by atoms with van der Waals surface area (Å²) in [5, 5.41) is 0. The Bertz CT molecular complexity index is 465. The number of hydrogen-bond acceptors (Lipinski definition) is 2. The number of piperidine rings is 1. The van der Waals surface area contributed by atoms with Crippen molar-refractivity contribution in [2.45, 2.75) is 31.3 Å². The predicted octanol–water partition coefficient (Wildman–Crippen LogP) is 1.89. The third kappa shape index (κ3) is 1.33. The summed E-state index contributed by atoms with van der Waals surface area (Å²) in [7, 11) is 0. The Hall–Kier alpha value is -1.51. The molecule has 1 amide bonds. The van der Waals surface area contributed by atoms with Crippen LogP contribution in [0.15, 0.2) is 36.7 Å². The van der Waals surface area contributed by atoms with E-state index < -0.39 is 0 Å². The number of carbonyl (C=O) groups excluding carboxylic acids is 1. The lowest BCUT2D eigenvalue weighted by molar-refractivity contribution is -0.136. The van der Waals surface area contributed by atoms with Gasteiger partial charge in [-0.2, -0.15) is 0 Å². The van der Waals surface area contributed by atoms with E-state index in [1.54, 1.807) is 6.08 Å². The Labute approximate surface area is 107 Å². The minimum Gasteiger partial charge on any atom is -0.351 e. The monoisotopic (exact) mass is 242 g/mol. The van der Waals surface area contributed by atoms with E-state index in [-0.39, 0.29) is 5.91 Å². The fourth-order valence-corrected chi connectivity index (χ4v) is 4.18. The molecule has 94 valence electrons. The molecule has 0 radical (unpaired) electrons. The van der Waals surface area contributed by atoms with Crippen LogP contribution in [0.3, 0.4) is 0 Å². The summed E-state index contributed by atoms with van der Waals surface area (Å²) in [6.07, 6.45) is 16.0. The predicted molar refractivity (Wildman–Crippen MR) is 69.4 cm³/mol. The lowest BCUT2D eigenvalue weighted by Gasteiger charge is -2.55. The molecule has 18 heavy (non-hydrogen) atoms. The van der Waals surface area contributed by atoms with Crippen LogP contribution >= 0.6 is 0 Å². The standard InChI is InChI=1S/C15H18N2O/c18-14-7-1-6-13-12-5-3-9-16-8-2-4-11(15(12)16)10-17(13)14/h1-3,7-9,11-13,15H,4-6,10H2/t11-,12+,13+,15-/m0/s1. The molecule has 1 fully saturated rings. The summed E-state index contributed by atoms with van der Waals surface area (Å²) >= 11 is 0. The topological polar surface area (TPSA) is 23.6 Å². The molecule has 0 unspecified atom stereocenters. The number of nitrogens with zero attached hydrogens (tertiary/aromatic N) is 2. The molecule has 4 heterocycles. The van der Waals surface area contributed by atoms with Crippen molar-refractivity contribution < 1.29 is 4.79 Å². The Morgan fingerprint density at radius 3 is 2.78 bits per heavy atom. The zero-order valence-electron chi connectivity index (χ0n) is 10.4. The van der Waals surface area contributed by atoms with E-state index >= 15 is 0 Å². The van der Waals surface area contributed by atoms with Gasteiger partial charge in [-0.05, 0) is 37.7 Å². The first-order valence-electron chi connectivity index (χ1n) is 6.92. The van der Waals surface area contributed by atoms with E-state index in [1.807, 2.05) is 0 Å². The number of amides is 1. The molecule has 0 bridgehead atoms. The molecule has 3 heteroatoms. The summed E-state index contributed by atoms with van der Waals surface area (Å²) in [6.45, 7) is 0.934. The molecule has 1 saturated heterocycles.